The van der Waals surface area contributed by atoms with Crippen molar-refractivity contribution in [2.45, 2.75) is 19.3 Å². The maximum Gasteiger partial charge on any atom is 0.251 e. The van der Waals surface area contributed by atoms with Crippen molar-refractivity contribution >= 4 is 52.3 Å². The molecule has 3 nitrogen and oxygen atoms in total. The van der Waals surface area contributed by atoms with Crippen LogP contribution in [0.4, 0.5) is 0 Å². The number of hydrogen-bond donors (Lipinski definition) is 1. The average Bonchev–Trinajstić information content (AvgIpc) is 2.65. The van der Waals surface area contributed by atoms with Crippen molar-refractivity contribution in [2.24, 2.45) is 5.92 Å². The van der Waals surface area contributed by atoms with Gasteiger partial charge in [-0.1, -0.05) is 52.5 Å². The summed E-state index contributed by atoms with van der Waals surface area (Å²) in [7, 11) is 0. The van der Waals surface area contributed by atoms with Gasteiger partial charge in [-0.25, -0.2) is 0 Å². The van der Waals surface area contributed by atoms with Crippen LogP contribution in [-0.4, -0.2) is 37.0 Å². The Bertz CT molecular complexity index is 815. The average molecular weight is 460 g/mol. The second-order valence-electron chi connectivity index (χ2n) is 7.15. The fourth-order valence-electron chi connectivity index (χ4n) is 3.53. The highest BCUT2D eigenvalue weighted by molar-refractivity contribution is 6.42. The molecule has 1 saturated heterocycles. The van der Waals surface area contributed by atoms with Gasteiger partial charge in [0.05, 0.1) is 10.0 Å². The van der Waals surface area contributed by atoms with Crippen LogP contribution < -0.4 is 5.32 Å². The molecule has 0 aliphatic carbocycles. The first kappa shape index (κ1) is 21.7. The van der Waals surface area contributed by atoms with E-state index in [0.717, 1.165) is 38.9 Å². The minimum atomic E-state index is -0.154. The third kappa shape index (κ3) is 6.27. The Morgan fingerprint density at radius 1 is 0.964 bits per heavy atom. The molecule has 1 fully saturated rings. The lowest BCUT2D eigenvalue weighted by Crippen LogP contribution is -2.39. The second kappa shape index (κ2) is 10.2. The summed E-state index contributed by atoms with van der Waals surface area (Å²) >= 11 is 24.0. The van der Waals surface area contributed by atoms with Crippen molar-refractivity contribution in [3.05, 3.63) is 67.6 Å². The molecule has 1 amide bonds. The molecule has 2 aromatic rings. The second-order valence-corrected chi connectivity index (χ2v) is 8.84. The van der Waals surface area contributed by atoms with Crippen LogP contribution in [0.25, 0.3) is 0 Å². The smallest absolute Gasteiger partial charge is 0.251 e. The van der Waals surface area contributed by atoms with E-state index < -0.39 is 0 Å². The number of hydrogen-bond acceptors (Lipinski definition) is 2. The van der Waals surface area contributed by atoms with E-state index in [-0.39, 0.29) is 5.91 Å². The van der Waals surface area contributed by atoms with Crippen LogP contribution in [0.15, 0.2) is 36.4 Å². The zero-order chi connectivity index (χ0) is 20.1. The van der Waals surface area contributed by atoms with E-state index in [1.807, 2.05) is 12.1 Å². The maximum absolute atomic E-state index is 12.2. The van der Waals surface area contributed by atoms with Crippen molar-refractivity contribution in [3.63, 3.8) is 0 Å². The monoisotopic (exact) mass is 458 g/mol. The molecule has 0 aromatic heterocycles. The molecule has 3 rings (SSSR count). The Labute approximate surface area is 185 Å². The van der Waals surface area contributed by atoms with Crippen molar-refractivity contribution in [1.29, 1.82) is 0 Å². The molecular formula is C21H22Cl4N2O. The topological polar surface area (TPSA) is 32.3 Å². The van der Waals surface area contributed by atoms with E-state index in [9.17, 15) is 4.79 Å². The lowest BCUT2D eigenvalue weighted by molar-refractivity contribution is 0.0944. The summed E-state index contributed by atoms with van der Waals surface area (Å²) in [5.41, 5.74) is 1.72. The first-order valence-corrected chi connectivity index (χ1v) is 10.8. The van der Waals surface area contributed by atoms with Gasteiger partial charge in [-0.15, -0.1) is 0 Å². The highest BCUT2D eigenvalue weighted by Crippen LogP contribution is 2.27. The molecule has 2 aromatic carbocycles. The molecule has 0 bridgehead atoms. The molecule has 1 N–H and O–H groups in total. The van der Waals surface area contributed by atoms with Crippen LogP contribution in [-0.2, 0) is 6.42 Å². The number of nitrogens with zero attached hydrogens (tertiary/aromatic N) is 1. The molecule has 1 aliphatic rings. The van der Waals surface area contributed by atoms with Gasteiger partial charge in [-0.05, 0) is 74.2 Å². The molecule has 1 aliphatic heterocycles. The summed E-state index contributed by atoms with van der Waals surface area (Å²) in [6.45, 7) is 3.50. The normalized spacial score (nSPS) is 15.6. The van der Waals surface area contributed by atoms with Crippen LogP contribution in [0.2, 0.25) is 20.1 Å². The van der Waals surface area contributed by atoms with E-state index in [1.165, 1.54) is 5.56 Å². The SMILES string of the molecule is O=C(NCCN1CCC(Cc2ccc(Cl)c(Cl)c2)CC1)c1cc(Cl)cc(Cl)c1. The number of benzene rings is 2. The van der Waals surface area contributed by atoms with Crippen LogP contribution in [0, 0.1) is 5.92 Å². The van der Waals surface area contributed by atoms with E-state index in [1.54, 1.807) is 18.2 Å². The lowest BCUT2D eigenvalue weighted by atomic mass is 9.90. The quantitative estimate of drug-likeness (QED) is 0.575. The van der Waals surface area contributed by atoms with Crippen molar-refractivity contribution < 1.29 is 4.79 Å². The first-order valence-electron chi connectivity index (χ1n) is 9.31. The Kier molecular flexibility index (Phi) is 7.90. The summed E-state index contributed by atoms with van der Waals surface area (Å²) in [4.78, 5) is 14.6. The molecule has 1 heterocycles. The van der Waals surface area contributed by atoms with Gasteiger partial charge in [0, 0.05) is 28.7 Å². The van der Waals surface area contributed by atoms with Gasteiger partial charge in [0.25, 0.3) is 5.91 Å². The number of piperidine rings is 1. The zero-order valence-electron chi connectivity index (χ0n) is 15.4. The molecule has 7 heteroatoms. The van der Waals surface area contributed by atoms with Gasteiger partial charge in [-0.2, -0.15) is 0 Å². The largest absolute Gasteiger partial charge is 0.351 e. The number of rotatable bonds is 6. The number of likely N-dealkylation sites (tertiary alicyclic amines) is 1. The molecular weight excluding hydrogens is 438 g/mol. The summed E-state index contributed by atoms with van der Waals surface area (Å²) in [5.74, 6) is 0.496. The number of amides is 1. The van der Waals surface area contributed by atoms with E-state index in [0.29, 0.717) is 38.1 Å². The number of nitrogens with one attached hydrogen (secondary N) is 1. The van der Waals surface area contributed by atoms with E-state index in [4.69, 9.17) is 46.4 Å². The third-order valence-corrected chi connectivity index (χ3v) is 6.23. The fourth-order valence-corrected chi connectivity index (χ4v) is 4.38. The predicted molar refractivity (Wildman–Crippen MR) is 118 cm³/mol. The Balaban J connectivity index is 1.39. The van der Waals surface area contributed by atoms with Crippen molar-refractivity contribution in [2.75, 3.05) is 26.2 Å². The van der Waals surface area contributed by atoms with Crippen LogP contribution >= 0.6 is 46.4 Å². The van der Waals surface area contributed by atoms with Crippen molar-refractivity contribution in [1.82, 2.24) is 10.2 Å². The van der Waals surface area contributed by atoms with Crippen LogP contribution in [0.3, 0.4) is 0 Å². The first-order chi connectivity index (χ1) is 13.4. The van der Waals surface area contributed by atoms with Crippen LogP contribution in [0.5, 0.6) is 0 Å². The minimum Gasteiger partial charge on any atom is -0.351 e. The fraction of sp³-hybridized carbons (Fsp3) is 0.381. The van der Waals surface area contributed by atoms with Crippen molar-refractivity contribution in [3.8, 4) is 0 Å². The summed E-state index contributed by atoms with van der Waals surface area (Å²) in [5, 5.41) is 5.08. The van der Waals surface area contributed by atoms with Gasteiger partial charge in [-0.3, -0.25) is 4.79 Å². The molecule has 0 atom stereocenters. The lowest BCUT2D eigenvalue weighted by Gasteiger charge is -2.32. The standard InChI is InChI=1S/C21H22Cl4N2O/c22-17-11-16(12-18(23)13-17)21(28)26-5-8-27-6-3-14(4-7-27)9-15-1-2-19(24)20(25)10-15/h1-2,10-14H,3-9H2,(H,26,28). The Morgan fingerprint density at radius 2 is 1.64 bits per heavy atom. The summed E-state index contributed by atoms with van der Waals surface area (Å²) in [6.07, 6.45) is 3.30. The van der Waals surface area contributed by atoms with Gasteiger partial charge >= 0.3 is 0 Å². The third-order valence-electron chi connectivity index (χ3n) is 5.05. The highest BCUT2D eigenvalue weighted by atomic mass is 35.5. The minimum absolute atomic E-state index is 0.154. The maximum atomic E-state index is 12.2. The van der Waals surface area contributed by atoms with Gasteiger partial charge in [0.1, 0.15) is 0 Å². The number of carbonyl (C=O) groups excluding carboxylic acids is 1. The van der Waals surface area contributed by atoms with Gasteiger partial charge < -0.3 is 10.2 Å². The predicted octanol–water partition coefficient (Wildman–Crippen LogP) is 5.98. The zero-order valence-corrected chi connectivity index (χ0v) is 18.4. The Hall–Kier alpha value is -0.970. The Morgan fingerprint density at radius 3 is 2.29 bits per heavy atom. The van der Waals surface area contributed by atoms with Gasteiger partial charge in [0.15, 0.2) is 0 Å². The van der Waals surface area contributed by atoms with E-state index in [2.05, 4.69) is 16.3 Å². The molecule has 0 radical (unpaired) electrons. The number of halogens is 4. The summed E-state index contributed by atoms with van der Waals surface area (Å²) < 4.78 is 0. The molecule has 0 unspecified atom stereocenters. The van der Waals surface area contributed by atoms with Crippen LogP contribution in [0.1, 0.15) is 28.8 Å². The molecule has 0 saturated carbocycles. The molecule has 150 valence electrons. The van der Waals surface area contributed by atoms with Gasteiger partial charge in [0.2, 0.25) is 0 Å². The molecule has 28 heavy (non-hydrogen) atoms. The summed E-state index contributed by atoms with van der Waals surface area (Å²) in [6, 6.07) is 10.7. The number of carbonyl (C=O) groups is 1. The van der Waals surface area contributed by atoms with E-state index >= 15 is 0 Å². The highest BCUT2D eigenvalue weighted by Gasteiger charge is 2.19. The molecule has 0 spiro atoms.